The summed E-state index contributed by atoms with van der Waals surface area (Å²) in [6, 6.07) is 4.17. The van der Waals surface area contributed by atoms with Crippen molar-refractivity contribution >= 4 is 44.7 Å². The third-order valence-corrected chi connectivity index (χ3v) is 9.28. The van der Waals surface area contributed by atoms with Crippen LogP contribution in [-0.2, 0) is 24.1 Å². The highest BCUT2D eigenvalue weighted by Gasteiger charge is 2.27. The molecule has 0 saturated carbocycles. The summed E-state index contributed by atoms with van der Waals surface area (Å²) in [5.41, 5.74) is 1.45. The van der Waals surface area contributed by atoms with Crippen molar-refractivity contribution in [2.24, 2.45) is 5.92 Å². The predicted octanol–water partition coefficient (Wildman–Crippen LogP) is 5.77. The van der Waals surface area contributed by atoms with Crippen molar-refractivity contribution < 1.29 is 4.74 Å². The fourth-order valence-electron chi connectivity index (χ4n) is 4.68. The molecule has 0 amide bonds. The Kier molecular flexibility index (Phi) is 5.53. The second-order valence-electron chi connectivity index (χ2n) is 8.74. The van der Waals surface area contributed by atoms with Crippen molar-refractivity contribution in [2.75, 3.05) is 6.61 Å². The van der Waals surface area contributed by atoms with Gasteiger partial charge >= 0.3 is 0 Å². The maximum Gasteiger partial charge on any atom is 0.197 e. The van der Waals surface area contributed by atoms with Gasteiger partial charge in [0, 0.05) is 16.9 Å². The quantitative estimate of drug-likeness (QED) is 0.336. The number of fused-ring (bicyclic) bond motifs is 3. The lowest BCUT2D eigenvalue weighted by Gasteiger charge is -2.18. The smallest absolute Gasteiger partial charge is 0.197 e. The van der Waals surface area contributed by atoms with Crippen LogP contribution in [0.1, 0.15) is 42.5 Å². The molecule has 32 heavy (non-hydrogen) atoms. The summed E-state index contributed by atoms with van der Waals surface area (Å²) in [7, 11) is 0. The van der Waals surface area contributed by atoms with Crippen molar-refractivity contribution in [3.05, 3.63) is 33.8 Å². The Hall–Kier alpha value is -1.81. The highest BCUT2D eigenvalue weighted by Crippen LogP contribution is 2.42. The Balaban J connectivity index is 1.43. The first-order chi connectivity index (χ1) is 15.7. The van der Waals surface area contributed by atoms with E-state index in [2.05, 4.69) is 39.2 Å². The third-order valence-electron chi connectivity index (χ3n) is 6.29. The lowest BCUT2D eigenvalue weighted by Crippen LogP contribution is -2.16. The average Bonchev–Trinajstić information content (AvgIpc) is 3.55. The molecule has 0 aromatic carbocycles. The Bertz CT molecular complexity index is 1260. The van der Waals surface area contributed by atoms with E-state index in [1.54, 1.807) is 23.1 Å². The van der Waals surface area contributed by atoms with E-state index >= 15 is 0 Å². The van der Waals surface area contributed by atoms with Crippen molar-refractivity contribution in [2.45, 2.75) is 68.8 Å². The van der Waals surface area contributed by atoms with E-state index in [-0.39, 0.29) is 6.10 Å². The second kappa shape index (κ2) is 8.52. The summed E-state index contributed by atoms with van der Waals surface area (Å²) in [5.74, 6) is 2.47. The van der Waals surface area contributed by atoms with Gasteiger partial charge in [0.05, 0.1) is 17.5 Å². The summed E-state index contributed by atoms with van der Waals surface area (Å²) in [6.45, 7) is 5.95. The largest absolute Gasteiger partial charge is 0.376 e. The maximum absolute atomic E-state index is 5.96. The van der Waals surface area contributed by atoms with Crippen LogP contribution in [0.15, 0.2) is 27.7 Å². The molecule has 166 valence electrons. The van der Waals surface area contributed by atoms with Gasteiger partial charge < -0.3 is 4.74 Å². The van der Waals surface area contributed by atoms with Crippen LogP contribution in [0.5, 0.6) is 0 Å². The number of aryl methyl sites for hydroxylation is 2. The van der Waals surface area contributed by atoms with E-state index in [1.807, 2.05) is 18.3 Å². The molecule has 6 nitrogen and oxygen atoms in total. The highest BCUT2D eigenvalue weighted by molar-refractivity contribution is 7.99. The van der Waals surface area contributed by atoms with Gasteiger partial charge in [-0.1, -0.05) is 13.0 Å². The number of nitrogens with zero attached hydrogens (tertiary/aromatic N) is 5. The van der Waals surface area contributed by atoms with Crippen LogP contribution in [0.25, 0.3) is 20.9 Å². The SMILES string of the molecule is Cc1nc(Sc2nnc(-c3cccs3)n2C[C@H]2CCCO2)c2c3c(sc2n1)C[C@@H](C)CC3. The van der Waals surface area contributed by atoms with E-state index in [4.69, 9.17) is 14.7 Å². The lowest BCUT2D eigenvalue weighted by atomic mass is 9.89. The molecule has 6 rings (SSSR count). The monoisotopic (exact) mass is 483 g/mol. The zero-order chi connectivity index (χ0) is 21.7. The van der Waals surface area contributed by atoms with Crippen LogP contribution in [0.4, 0.5) is 0 Å². The van der Waals surface area contributed by atoms with Crippen molar-refractivity contribution in [1.29, 1.82) is 0 Å². The minimum absolute atomic E-state index is 0.214. The zero-order valence-corrected chi connectivity index (χ0v) is 20.7. The molecule has 0 spiro atoms. The molecule has 0 N–H and O–H groups in total. The van der Waals surface area contributed by atoms with Gasteiger partial charge in [-0.15, -0.1) is 32.9 Å². The van der Waals surface area contributed by atoms with E-state index in [0.717, 1.165) is 76.3 Å². The molecule has 4 aromatic rings. The molecule has 4 aromatic heterocycles. The minimum Gasteiger partial charge on any atom is -0.376 e. The van der Waals surface area contributed by atoms with E-state index in [1.165, 1.54) is 22.2 Å². The van der Waals surface area contributed by atoms with Gasteiger partial charge in [-0.3, -0.25) is 4.57 Å². The van der Waals surface area contributed by atoms with E-state index in [0.29, 0.717) is 0 Å². The van der Waals surface area contributed by atoms with Crippen LogP contribution < -0.4 is 0 Å². The van der Waals surface area contributed by atoms with Crippen molar-refractivity contribution in [3.63, 3.8) is 0 Å². The standard InChI is InChI=1S/C23H25N5OS3/c1-13-7-8-16-18(11-13)31-21-19(16)22(25-14(2)24-21)32-23-27-26-20(17-6-4-10-30-17)28(23)12-15-5-3-9-29-15/h4,6,10,13,15H,3,5,7-9,11-12H2,1-2H3/t13-,15+/m0/s1. The molecule has 1 aliphatic carbocycles. The van der Waals surface area contributed by atoms with Crippen molar-refractivity contribution in [1.82, 2.24) is 24.7 Å². The lowest BCUT2D eigenvalue weighted by molar-refractivity contribution is 0.0953. The summed E-state index contributed by atoms with van der Waals surface area (Å²) in [6.07, 6.45) is 5.91. The number of aromatic nitrogens is 5. The van der Waals surface area contributed by atoms with Crippen molar-refractivity contribution in [3.8, 4) is 10.7 Å². The average molecular weight is 484 g/mol. The molecule has 0 unspecified atom stereocenters. The fraction of sp³-hybridized carbons (Fsp3) is 0.478. The number of ether oxygens (including phenoxy) is 1. The molecular weight excluding hydrogens is 458 g/mol. The topological polar surface area (TPSA) is 65.7 Å². The van der Waals surface area contributed by atoms with Gasteiger partial charge in [-0.25, -0.2) is 9.97 Å². The Morgan fingerprint density at radius 1 is 1.25 bits per heavy atom. The van der Waals surface area contributed by atoms with Crippen LogP contribution in [-0.4, -0.2) is 37.4 Å². The fourth-order valence-corrected chi connectivity index (χ4v) is 7.92. The summed E-state index contributed by atoms with van der Waals surface area (Å²) in [5, 5.41) is 14.4. The second-order valence-corrected chi connectivity index (χ2v) is 11.7. The molecule has 2 atom stereocenters. The molecule has 9 heteroatoms. The predicted molar refractivity (Wildman–Crippen MR) is 130 cm³/mol. The Labute approximate surface area is 199 Å². The Morgan fingerprint density at radius 3 is 3.00 bits per heavy atom. The maximum atomic E-state index is 5.96. The van der Waals surface area contributed by atoms with Gasteiger partial charge in [-0.2, -0.15) is 0 Å². The molecule has 0 radical (unpaired) electrons. The van der Waals surface area contributed by atoms with Gasteiger partial charge in [0.2, 0.25) is 0 Å². The Morgan fingerprint density at radius 2 is 2.19 bits per heavy atom. The van der Waals surface area contributed by atoms with Crippen LogP contribution >= 0.6 is 34.4 Å². The minimum atomic E-state index is 0.214. The van der Waals surface area contributed by atoms with Crippen LogP contribution in [0, 0.1) is 12.8 Å². The highest BCUT2D eigenvalue weighted by atomic mass is 32.2. The number of thiophene rings is 2. The molecule has 2 aliphatic rings. The van der Waals surface area contributed by atoms with Gasteiger partial charge in [0.15, 0.2) is 11.0 Å². The number of hydrogen-bond acceptors (Lipinski definition) is 8. The third kappa shape index (κ3) is 3.79. The van der Waals surface area contributed by atoms with E-state index in [9.17, 15) is 0 Å². The van der Waals surface area contributed by atoms with Gasteiger partial charge in [0.25, 0.3) is 0 Å². The van der Waals surface area contributed by atoms with E-state index < -0.39 is 0 Å². The number of rotatable bonds is 5. The molecule has 0 bridgehead atoms. The summed E-state index contributed by atoms with van der Waals surface area (Å²) in [4.78, 5) is 13.4. The normalized spacial score (nSPS) is 20.8. The first-order valence-electron chi connectivity index (χ1n) is 11.2. The first kappa shape index (κ1) is 20.8. The molecule has 1 fully saturated rings. The molecule has 1 aliphatic heterocycles. The van der Waals surface area contributed by atoms with Crippen LogP contribution in [0.3, 0.4) is 0 Å². The van der Waals surface area contributed by atoms with Crippen LogP contribution in [0.2, 0.25) is 0 Å². The summed E-state index contributed by atoms with van der Waals surface area (Å²) >= 11 is 5.18. The summed E-state index contributed by atoms with van der Waals surface area (Å²) < 4.78 is 8.19. The molecule has 5 heterocycles. The molecule has 1 saturated heterocycles. The van der Waals surface area contributed by atoms with Gasteiger partial charge in [0.1, 0.15) is 15.7 Å². The number of hydrogen-bond donors (Lipinski definition) is 0. The zero-order valence-electron chi connectivity index (χ0n) is 18.2. The molecular formula is C23H25N5OS3. The van der Waals surface area contributed by atoms with Gasteiger partial charge in [-0.05, 0) is 73.7 Å². The first-order valence-corrected chi connectivity index (χ1v) is 13.7.